The summed E-state index contributed by atoms with van der Waals surface area (Å²) in [5.74, 6) is -0.147. The molecule has 2 aromatic carbocycles. The zero-order chi connectivity index (χ0) is 16.9. The number of carbonyl (C=O) groups excluding carboxylic acids is 1. The average molecular weight is 318 g/mol. The average Bonchev–Trinajstić information content (AvgIpc) is 2.63. The molecule has 5 nitrogen and oxygen atoms in total. The van der Waals surface area contributed by atoms with Crippen molar-refractivity contribution >= 4 is 17.3 Å². The van der Waals surface area contributed by atoms with Crippen LogP contribution < -0.4 is 16.8 Å². The van der Waals surface area contributed by atoms with E-state index >= 15 is 0 Å². The fourth-order valence-corrected chi connectivity index (χ4v) is 2.37. The van der Waals surface area contributed by atoms with Gasteiger partial charge in [-0.1, -0.05) is 24.3 Å². The third-order valence-electron chi connectivity index (χ3n) is 3.70. The van der Waals surface area contributed by atoms with Crippen LogP contribution >= 0.6 is 0 Å². The van der Waals surface area contributed by atoms with Crippen molar-refractivity contribution in [2.75, 3.05) is 11.5 Å². The highest BCUT2D eigenvalue weighted by Crippen LogP contribution is 2.25. The summed E-state index contributed by atoms with van der Waals surface area (Å²) in [4.78, 5) is 16.5. The van der Waals surface area contributed by atoms with Crippen LogP contribution in [-0.4, -0.2) is 10.9 Å². The predicted molar refractivity (Wildman–Crippen MR) is 96.1 cm³/mol. The van der Waals surface area contributed by atoms with E-state index in [1.165, 1.54) is 0 Å². The molecular formula is C19H18N4O. The summed E-state index contributed by atoms with van der Waals surface area (Å²) in [6, 6.07) is 18.4. The molecule has 0 radical (unpaired) electrons. The highest BCUT2D eigenvalue weighted by molar-refractivity contribution is 5.95. The van der Waals surface area contributed by atoms with Gasteiger partial charge in [-0.15, -0.1) is 0 Å². The number of benzene rings is 2. The van der Waals surface area contributed by atoms with Gasteiger partial charge in [0.15, 0.2) is 0 Å². The normalized spacial score (nSPS) is 10.3. The lowest BCUT2D eigenvalue weighted by Gasteiger charge is -2.08. The Labute approximate surface area is 140 Å². The second kappa shape index (κ2) is 6.83. The molecule has 0 spiro atoms. The summed E-state index contributed by atoms with van der Waals surface area (Å²) >= 11 is 0. The fraction of sp³-hybridized carbons (Fsp3) is 0.0526. The minimum Gasteiger partial charge on any atom is -0.397 e. The van der Waals surface area contributed by atoms with Crippen molar-refractivity contribution in [3.63, 3.8) is 0 Å². The maximum absolute atomic E-state index is 12.3. The molecule has 3 rings (SSSR count). The Morgan fingerprint density at radius 3 is 2.50 bits per heavy atom. The molecule has 1 aromatic heterocycles. The minimum absolute atomic E-state index is 0.147. The lowest BCUT2D eigenvalue weighted by molar-refractivity contribution is 0.0950. The van der Waals surface area contributed by atoms with Crippen molar-refractivity contribution in [3.05, 3.63) is 78.1 Å². The lowest BCUT2D eigenvalue weighted by atomic mass is 10.0. The van der Waals surface area contributed by atoms with Gasteiger partial charge in [0, 0.05) is 11.8 Å². The Kier molecular flexibility index (Phi) is 4.43. The van der Waals surface area contributed by atoms with Gasteiger partial charge in [-0.3, -0.25) is 9.78 Å². The molecular weight excluding hydrogens is 300 g/mol. The van der Waals surface area contributed by atoms with Crippen molar-refractivity contribution in [3.8, 4) is 11.1 Å². The van der Waals surface area contributed by atoms with Gasteiger partial charge < -0.3 is 16.8 Å². The van der Waals surface area contributed by atoms with Gasteiger partial charge in [-0.25, -0.2) is 0 Å². The molecule has 1 heterocycles. The molecule has 3 aromatic rings. The SMILES string of the molecule is Nc1ccc(-c2cccc(C(=O)NCc3ccccn3)c2)cc1N. The largest absolute Gasteiger partial charge is 0.397 e. The van der Waals surface area contributed by atoms with Crippen LogP contribution in [0.1, 0.15) is 16.1 Å². The zero-order valence-corrected chi connectivity index (χ0v) is 13.1. The summed E-state index contributed by atoms with van der Waals surface area (Å²) < 4.78 is 0. The van der Waals surface area contributed by atoms with Gasteiger partial charge in [0.05, 0.1) is 23.6 Å². The third kappa shape index (κ3) is 3.52. The molecule has 0 atom stereocenters. The number of nitrogens with zero attached hydrogens (tertiary/aromatic N) is 1. The van der Waals surface area contributed by atoms with Gasteiger partial charge in [-0.2, -0.15) is 0 Å². The van der Waals surface area contributed by atoms with Crippen LogP contribution in [0.15, 0.2) is 66.9 Å². The van der Waals surface area contributed by atoms with Gasteiger partial charge in [0.1, 0.15) is 0 Å². The second-order valence-electron chi connectivity index (χ2n) is 5.43. The minimum atomic E-state index is -0.147. The van der Waals surface area contributed by atoms with E-state index in [1.807, 2.05) is 42.5 Å². The number of amides is 1. The first-order chi connectivity index (χ1) is 11.6. The molecule has 24 heavy (non-hydrogen) atoms. The van der Waals surface area contributed by atoms with Crippen LogP contribution in [0.2, 0.25) is 0 Å². The first kappa shape index (κ1) is 15.6. The summed E-state index contributed by atoms with van der Waals surface area (Å²) in [5, 5.41) is 2.87. The van der Waals surface area contributed by atoms with E-state index in [0.29, 0.717) is 23.5 Å². The van der Waals surface area contributed by atoms with E-state index in [0.717, 1.165) is 16.8 Å². The van der Waals surface area contributed by atoms with Crippen LogP contribution in [0.3, 0.4) is 0 Å². The van der Waals surface area contributed by atoms with Crippen LogP contribution in [0, 0.1) is 0 Å². The Bertz CT molecular complexity index is 862. The highest BCUT2D eigenvalue weighted by atomic mass is 16.1. The molecule has 0 aliphatic carbocycles. The second-order valence-corrected chi connectivity index (χ2v) is 5.43. The Balaban J connectivity index is 1.77. The van der Waals surface area contributed by atoms with Gasteiger partial charge in [-0.05, 0) is 47.5 Å². The van der Waals surface area contributed by atoms with E-state index in [9.17, 15) is 4.79 Å². The molecule has 5 N–H and O–H groups in total. The number of hydrogen-bond donors (Lipinski definition) is 3. The van der Waals surface area contributed by atoms with E-state index in [4.69, 9.17) is 11.5 Å². The van der Waals surface area contributed by atoms with E-state index in [1.54, 1.807) is 24.4 Å². The monoisotopic (exact) mass is 318 g/mol. The van der Waals surface area contributed by atoms with Crippen molar-refractivity contribution < 1.29 is 4.79 Å². The van der Waals surface area contributed by atoms with Crippen LogP contribution in [0.4, 0.5) is 11.4 Å². The smallest absolute Gasteiger partial charge is 0.251 e. The maximum Gasteiger partial charge on any atom is 0.251 e. The first-order valence-electron chi connectivity index (χ1n) is 7.57. The summed E-state index contributed by atoms with van der Waals surface area (Å²) in [6.45, 7) is 0.388. The number of aromatic nitrogens is 1. The number of rotatable bonds is 4. The first-order valence-corrected chi connectivity index (χ1v) is 7.57. The zero-order valence-electron chi connectivity index (χ0n) is 13.1. The van der Waals surface area contributed by atoms with E-state index in [2.05, 4.69) is 10.3 Å². The van der Waals surface area contributed by atoms with Crippen molar-refractivity contribution in [1.29, 1.82) is 0 Å². The quantitative estimate of drug-likeness (QED) is 0.645. The number of carbonyl (C=O) groups is 1. The molecule has 120 valence electrons. The topological polar surface area (TPSA) is 94.0 Å². The van der Waals surface area contributed by atoms with Gasteiger partial charge in [0.2, 0.25) is 0 Å². The summed E-state index contributed by atoms with van der Waals surface area (Å²) in [6.07, 6.45) is 1.70. The van der Waals surface area contributed by atoms with Crippen molar-refractivity contribution in [1.82, 2.24) is 10.3 Å². The Hall–Kier alpha value is -3.34. The number of nitrogen functional groups attached to an aromatic ring is 2. The molecule has 0 bridgehead atoms. The van der Waals surface area contributed by atoms with E-state index < -0.39 is 0 Å². The van der Waals surface area contributed by atoms with Crippen LogP contribution in [0.25, 0.3) is 11.1 Å². The molecule has 0 unspecified atom stereocenters. The lowest BCUT2D eigenvalue weighted by Crippen LogP contribution is -2.23. The van der Waals surface area contributed by atoms with Gasteiger partial charge in [0.25, 0.3) is 5.91 Å². The van der Waals surface area contributed by atoms with Crippen LogP contribution in [-0.2, 0) is 6.54 Å². The standard InChI is InChI=1S/C19H18N4O/c20-17-8-7-14(11-18(17)21)13-4-3-5-15(10-13)19(24)23-12-16-6-1-2-9-22-16/h1-11H,12,20-21H2,(H,23,24). The number of pyridine rings is 1. The molecule has 0 saturated carbocycles. The van der Waals surface area contributed by atoms with Crippen LogP contribution in [0.5, 0.6) is 0 Å². The molecule has 0 aliphatic heterocycles. The summed E-state index contributed by atoms with van der Waals surface area (Å²) in [7, 11) is 0. The fourth-order valence-electron chi connectivity index (χ4n) is 2.37. The highest BCUT2D eigenvalue weighted by Gasteiger charge is 2.08. The molecule has 0 saturated heterocycles. The molecule has 0 aliphatic rings. The van der Waals surface area contributed by atoms with Crippen molar-refractivity contribution in [2.45, 2.75) is 6.54 Å². The third-order valence-corrected chi connectivity index (χ3v) is 3.70. The Morgan fingerprint density at radius 2 is 1.75 bits per heavy atom. The maximum atomic E-state index is 12.3. The molecule has 0 fully saturated rings. The van der Waals surface area contributed by atoms with Gasteiger partial charge >= 0.3 is 0 Å². The predicted octanol–water partition coefficient (Wildman–Crippen LogP) is 2.84. The number of nitrogens with two attached hydrogens (primary N) is 2. The molecule has 5 heteroatoms. The summed E-state index contributed by atoms with van der Waals surface area (Å²) in [5.41, 5.74) is 15.9. The molecule has 1 amide bonds. The Morgan fingerprint density at radius 1 is 0.917 bits per heavy atom. The van der Waals surface area contributed by atoms with E-state index in [-0.39, 0.29) is 5.91 Å². The van der Waals surface area contributed by atoms with Crippen molar-refractivity contribution in [2.24, 2.45) is 0 Å². The number of anilines is 2. The number of nitrogens with one attached hydrogen (secondary N) is 1. The number of hydrogen-bond acceptors (Lipinski definition) is 4.